The van der Waals surface area contributed by atoms with Crippen molar-refractivity contribution < 1.29 is 4.42 Å². The first-order valence-corrected chi connectivity index (χ1v) is 34.0. The molecule has 4 nitrogen and oxygen atoms in total. The highest BCUT2D eigenvalue weighted by atomic mass is 16.3. The number of anilines is 9. The third-order valence-corrected chi connectivity index (χ3v) is 22.8. The second-order valence-electron chi connectivity index (χ2n) is 34.5. The summed E-state index contributed by atoms with van der Waals surface area (Å²) in [4.78, 5) is 8.06. The number of para-hydroxylation sites is 1. The number of hydrogen-bond acceptors (Lipinski definition) is 4. The summed E-state index contributed by atoms with van der Waals surface area (Å²) in [5, 5.41) is 2.30. The van der Waals surface area contributed by atoms with Gasteiger partial charge in [0.2, 0.25) is 0 Å². The summed E-state index contributed by atoms with van der Waals surface area (Å²) in [6.45, 7) is 48.4. The number of fused-ring (bicyclic) bond motifs is 10. The Morgan fingerprint density at radius 3 is 1.36 bits per heavy atom. The number of aryl methyl sites for hydroxylation is 2. The summed E-state index contributed by atoms with van der Waals surface area (Å²) < 4.78 is 6.66. The van der Waals surface area contributed by atoms with E-state index < -0.39 is 0 Å². The van der Waals surface area contributed by atoms with Crippen LogP contribution < -0.4 is 31.1 Å². The average molecular weight is 1200 g/mol. The van der Waals surface area contributed by atoms with Gasteiger partial charge in [0.25, 0.3) is 6.71 Å². The highest BCUT2D eigenvalue weighted by Crippen LogP contribution is 2.58. The molecule has 5 aliphatic rings. The van der Waals surface area contributed by atoms with Crippen LogP contribution >= 0.6 is 0 Å². The monoisotopic (exact) mass is 1200 g/mol. The first-order valence-electron chi connectivity index (χ1n) is 34.0. The zero-order valence-corrected chi connectivity index (χ0v) is 58.2. The molecule has 0 saturated heterocycles. The zero-order chi connectivity index (χ0) is 64.4. The Morgan fingerprint density at radius 2 is 0.835 bits per heavy atom. The van der Waals surface area contributed by atoms with Crippen molar-refractivity contribution in [2.75, 3.05) is 14.7 Å². The molecule has 3 aliphatic carbocycles. The first kappa shape index (κ1) is 59.5. The van der Waals surface area contributed by atoms with Crippen LogP contribution in [0.5, 0.6) is 0 Å². The molecule has 3 heterocycles. The molecule has 0 unspecified atom stereocenters. The number of furan rings is 1. The van der Waals surface area contributed by atoms with Crippen LogP contribution in [0.1, 0.15) is 206 Å². The van der Waals surface area contributed by atoms with Gasteiger partial charge in [0, 0.05) is 56.3 Å². The van der Waals surface area contributed by atoms with E-state index in [1.165, 1.54) is 117 Å². The number of hydrogen-bond donors (Lipinski definition) is 0. The fourth-order valence-electron chi connectivity index (χ4n) is 18.3. The maximum atomic E-state index is 6.66. The van der Waals surface area contributed by atoms with Gasteiger partial charge >= 0.3 is 0 Å². The van der Waals surface area contributed by atoms with E-state index in [4.69, 9.17) is 4.42 Å². The van der Waals surface area contributed by atoms with Gasteiger partial charge in [0.15, 0.2) is 0 Å². The first-order chi connectivity index (χ1) is 42.6. The van der Waals surface area contributed by atoms with Crippen molar-refractivity contribution in [3.05, 3.63) is 213 Å². The molecule has 10 aromatic rings. The fourth-order valence-corrected chi connectivity index (χ4v) is 18.3. The van der Waals surface area contributed by atoms with E-state index in [1.54, 1.807) is 0 Å². The van der Waals surface area contributed by atoms with Gasteiger partial charge < -0.3 is 19.1 Å². The number of rotatable bonds is 6. The van der Waals surface area contributed by atoms with Crippen LogP contribution in [0.25, 0.3) is 33.1 Å². The predicted molar refractivity (Wildman–Crippen MR) is 391 cm³/mol. The Kier molecular flexibility index (Phi) is 12.7. The van der Waals surface area contributed by atoms with Crippen molar-refractivity contribution in [3.8, 4) is 11.1 Å². The molecule has 0 bridgehead atoms. The Labute approximate surface area is 544 Å². The second kappa shape index (κ2) is 19.4. The molecule has 2 aliphatic heterocycles. The van der Waals surface area contributed by atoms with Crippen molar-refractivity contribution in [2.24, 2.45) is 0 Å². The molecule has 462 valence electrons. The maximum Gasteiger partial charge on any atom is 0.252 e. The highest BCUT2D eigenvalue weighted by Gasteiger charge is 2.51. The molecule has 5 heteroatoms. The molecule has 1 aromatic heterocycles. The maximum absolute atomic E-state index is 6.66. The van der Waals surface area contributed by atoms with E-state index in [9.17, 15) is 0 Å². The molecule has 15 rings (SSSR count). The third kappa shape index (κ3) is 9.10. The lowest BCUT2D eigenvalue weighted by molar-refractivity contribution is 0.332. The molecule has 0 N–H and O–H groups in total. The summed E-state index contributed by atoms with van der Waals surface area (Å²) in [6, 6.07) is 62.7. The smallest absolute Gasteiger partial charge is 0.252 e. The molecule has 0 radical (unpaired) electrons. The van der Waals surface area contributed by atoms with Crippen molar-refractivity contribution in [3.63, 3.8) is 0 Å². The molecule has 0 atom stereocenters. The predicted octanol–water partition coefficient (Wildman–Crippen LogP) is 22.3. The van der Waals surface area contributed by atoms with Gasteiger partial charge in [-0.1, -0.05) is 210 Å². The summed E-state index contributed by atoms with van der Waals surface area (Å²) >= 11 is 0. The molecule has 0 amide bonds. The molecule has 0 saturated carbocycles. The second-order valence-corrected chi connectivity index (χ2v) is 34.5. The molecular formula is C86H94BN3O. The minimum atomic E-state index is -0.134. The Morgan fingerprint density at radius 1 is 0.396 bits per heavy atom. The van der Waals surface area contributed by atoms with Crippen LogP contribution in [-0.4, -0.2) is 6.71 Å². The van der Waals surface area contributed by atoms with Gasteiger partial charge in [-0.25, -0.2) is 0 Å². The van der Waals surface area contributed by atoms with Gasteiger partial charge in [0.05, 0.1) is 5.69 Å². The zero-order valence-electron chi connectivity index (χ0n) is 58.2. The van der Waals surface area contributed by atoms with Crippen molar-refractivity contribution in [1.82, 2.24) is 0 Å². The summed E-state index contributed by atoms with van der Waals surface area (Å²) in [6.07, 6.45) is 4.46. The quantitative estimate of drug-likeness (QED) is 0.155. The minimum absolute atomic E-state index is 0.0127. The van der Waals surface area contributed by atoms with E-state index in [1.807, 2.05) is 0 Å². The van der Waals surface area contributed by atoms with Gasteiger partial charge in [0.1, 0.15) is 11.2 Å². The van der Waals surface area contributed by atoms with Crippen LogP contribution in [0.4, 0.5) is 51.2 Å². The van der Waals surface area contributed by atoms with Gasteiger partial charge in [-0.15, -0.1) is 0 Å². The molecule has 0 fully saturated rings. The van der Waals surface area contributed by atoms with Gasteiger partial charge in [-0.2, -0.15) is 0 Å². The third-order valence-electron chi connectivity index (χ3n) is 22.8. The molecule has 9 aromatic carbocycles. The van der Waals surface area contributed by atoms with Crippen LogP contribution in [0.2, 0.25) is 0 Å². The van der Waals surface area contributed by atoms with Gasteiger partial charge in [-0.3, -0.25) is 0 Å². The Bertz CT molecular complexity index is 4640. The van der Waals surface area contributed by atoms with Crippen molar-refractivity contribution >= 4 is 96.2 Å². The summed E-state index contributed by atoms with van der Waals surface area (Å²) in [5.41, 5.74) is 33.0. The summed E-state index contributed by atoms with van der Waals surface area (Å²) in [7, 11) is 0. The van der Waals surface area contributed by atoms with Crippen LogP contribution in [0.15, 0.2) is 162 Å². The molecule has 91 heavy (non-hydrogen) atoms. The van der Waals surface area contributed by atoms with E-state index in [0.29, 0.717) is 0 Å². The largest absolute Gasteiger partial charge is 0.456 e. The van der Waals surface area contributed by atoms with Crippen LogP contribution in [-0.2, 0) is 43.3 Å². The van der Waals surface area contributed by atoms with E-state index in [0.717, 1.165) is 64.7 Å². The lowest BCUT2D eigenvalue weighted by atomic mass is 9.33. The van der Waals surface area contributed by atoms with E-state index >= 15 is 0 Å². The van der Waals surface area contributed by atoms with Crippen LogP contribution in [0, 0.1) is 13.8 Å². The Balaban J connectivity index is 1.11. The van der Waals surface area contributed by atoms with Crippen molar-refractivity contribution in [1.29, 1.82) is 0 Å². The Hall–Kier alpha value is -7.76. The lowest BCUT2D eigenvalue weighted by Crippen LogP contribution is -2.61. The SMILES string of the molecule is Cc1cc2c(cc1N1c3ccc(-c4cccc5oc6ccccc6c45)cc3B3c4cc5c(cc4N(c4cc6c(cc4C)C(C)(C)CC6(C)C)c4cc(N(c6ccc(C(C)(C)C)cc6)c6ccc(C(C)(C)C)cc6)cc1c43)C(C)(C)CC5(C)C)C(C)(C)CCC2(C)C. The van der Waals surface area contributed by atoms with E-state index in [-0.39, 0.29) is 50.0 Å². The molecule has 0 spiro atoms. The highest BCUT2D eigenvalue weighted by molar-refractivity contribution is 7.00. The number of benzene rings is 9. The normalized spacial score (nSPS) is 18.4. The fraction of sp³-hybridized carbons (Fsp3) is 0.372. The standard InChI is InChI=1S/C86H94BN3O/c1-51-40-61-64(82(11,12)39-38-81(61,9)10)46-70(51)89-69-37-28-53(59-25-23-27-76-77(59)60-24-21-22-26-75(60)91-76)42-67(69)87-68-45-63-66(86(19,20)50-84(63,15)16)48-72(68)90(71-47-65-62(41-52(71)2)83(13,14)49-85(65,17)18)74-44-58(43-73(89)78(74)87)88(56-33-29-54(30-34-56)79(3,4)5)57-35-31-55(32-36-57)80(6,7)8/h21-37,40-48H,38-39,49-50H2,1-20H3. The minimum Gasteiger partial charge on any atom is -0.456 e. The lowest BCUT2D eigenvalue weighted by Gasteiger charge is -2.47. The van der Waals surface area contributed by atoms with E-state index in [2.05, 4.69) is 311 Å². The van der Waals surface area contributed by atoms with Crippen molar-refractivity contribution in [2.45, 2.75) is 207 Å². The summed E-state index contributed by atoms with van der Waals surface area (Å²) in [5.74, 6) is 0. The van der Waals surface area contributed by atoms with Gasteiger partial charge in [-0.05, 0) is 239 Å². The van der Waals surface area contributed by atoms with Crippen LogP contribution in [0.3, 0.4) is 0 Å². The topological polar surface area (TPSA) is 22.9 Å². The molecular weight excluding hydrogens is 1100 g/mol. The number of nitrogens with zero attached hydrogens (tertiary/aromatic N) is 3. The average Bonchev–Trinajstić information content (AvgIpc) is 1.41.